The van der Waals surface area contributed by atoms with Crippen LogP contribution in [-0.4, -0.2) is 36.2 Å². The number of nitrogens with zero attached hydrogens (tertiary/aromatic N) is 1. The first-order chi connectivity index (χ1) is 11.7. The minimum absolute atomic E-state index is 0.267. The lowest BCUT2D eigenvalue weighted by Gasteiger charge is -2.32. The predicted octanol–water partition coefficient (Wildman–Crippen LogP) is 4.38. The van der Waals surface area contributed by atoms with E-state index in [0.717, 1.165) is 42.7 Å². The minimum Gasteiger partial charge on any atom is -0.508 e. The zero-order valence-electron chi connectivity index (χ0n) is 13.8. The molecule has 1 fully saturated rings. The quantitative estimate of drug-likeness (QED) is 0.843. The van der Waals surface area contributed by atoms with Gasteiger partial charge in [0.1, 0.15) is 18.1 Å². The molecule has 0 unspecified atom stereocenters. The van der Waals surface area contributed by atoms with E-state index in [1.54, 1.807) is 24.3 Å². The fourth-order valence-corrected chi connectivity index (χ4v) is 3.44. The van der Waals surface area contributed by atoms with Gasteiger partial charge < -0.3 is 9.84 Å². The number of piperidine rings is 1. The summed E-state index contributed by atoms with van der Waals surface area (Å²) in [5.41, 5.74) is 1.27. The van der Waals surface area contributed by atoms with Crippen LogP contribution in [-0.2, 0) is 6.42 Å². The highest BCUT2D eigenvalue weighted by Crippen LogP contribution is 2.25. The number of aromatic hydroxyl groups is 1. The second-order valence-corrected chi connectivity index (χ2v) is 6.83. The number of hydrogen-bond acceptors (Lipinski definition) is 3. The average Bonchev–Trinajstić information content (AvgIpc) is 2.60. The topological polar surface area (TPSA) is 32.7 Å². The minimum atomic E-state index is 0.267. The van der Waals surface area contributed by atoms with Gasteiger partial charge in [-0.25, -0.2) is 0 Å². The smallest absolute Gasteiger partial charge is 0.119 e. The summed E-state index contributed by atoms with van der Waals surface area (Å²) in [6, 6.07) is 15.1. The molecule has 3 nitrogen and oxygen atoms in total. The van der Waals surface area contributed by atoms with E-state index < -0.39 is 0 Å². The van der Waals surface area contributed by atoms with Crippen LogP contribution in [0.1, 0.15) is 18.4 Å². The van der Waals surface area contributed by atoms with Crippen molar-refractivity contribution in [2.75, 3.05) is 26.2 Å². The Labute approximate surface area is 148 Å². The summed E-state index contributed by atoms with van der Waals surface area (Å²) in [7, 11) is 0. The molecule has 1 saturated heterocycles. The second kappa shape index (κ2) is 8.41. The number of hydrogen-bond donors (Lipinski definition) is 1. The first-order valence-electron chi connectivity index (χ1n) is 8.58. The molecule has 1 N–H and O–H groups in total. The molecule has 1 aliphatic heterocycles. The lowest BCUT2D eigenvalue weighted by Crippen LogP contribution is -2.37. The van der Waals surface area contributed by atoms with Gasteiger partial charge in [-0.3, -0.25) is 4.90 Å². The van der Waals surface area contributed by atoms with Gasteiger partial charge in [0.15, 0.2) is 0 Å². The third-order valence-corrected chi connectivity index (χ3v) is 5.06. The van der Waals surface area contributed by atoms with Crippen LogP contribution in [0.25, 0.3) is 0 Å². The summed E-state index contributed by atoms with van der Waals surface area (Å²) in [6.45, 7) is 3.86. The van der Waals surface area contributed by atoms with Crippen LogP contribution in [0.5, 0.6) is 11.5 Å². The maximum absolute atomic E-state index is 9.26. The normalized spacial score (nSPS) is 16.2. The highest BCUT2D eigenvalue weighted by molar-refractivity contribution is 6.31. The Morgan fingerprint density at radius 1 is 1.04 bits per heavy atom. The summed E-state index contributed by atoms with van der Waals surface area (Å²) in [5, 5.41) is 10.2. The van der Waals surface area contributed by atoms with Crippen molar-refractivity contribution in [1.29, 1.82) is 0 Å². The fraction of sp³-hybridized carbons (Fsp3) is 0.400. The van der Waals surface area contributed by atoms with E-state index in [0.29, 0.717) is 6.61 Å². The van der Waals surface area contributed by atoms with Gasteiger partial charge in [-0.05, 0) is 74.2 Å². The van der Waals surface area contributed by atoms with Crippen molar-refractivity contribution in [2.24, 2.45) is 5.92 Å². The monoisotopic (exact) mass is 345 g/mol. The average molecular weight is 346 g/mol. The third kappa shape index (κ3) is 4.89. The van der Waals surface area contributed by atoms with Gasteiger partial charge >= 0.3 is 0 Å². The number of phenolic OH excluding ortho intramolecular Hbond substituents is 1. The Hall–Kier alpha value is -1.71. The molecular weight excluding hydrogens is 322 g/mol. The number of phenols is 1. The van der Waals surface area contributed by atoms with Crippen LogP contribution in [0.15, 0.2) is 48.5 Å². The van der Waals surface area contributed by atoms with Crippen LogP contribution >= 0.6 is 11.6 Å². The van der Waals surface area contributed by atoms with Crippen LogP contribution in [0.2, 0.25) is 5.02 Å². The molecular formula is C20H24ClNO2. The summed E-state index contributed by atoms with van der Waals surface area (Å²) in [6.07, 6.45) is 3.51. The van der Waals surface area contributed by atoms with E-state index in [2.05, 4.69) is 17.0 Å². The van der Waals surface area contributed by atoms with Gasteiger partial charge in [0, 0.05) is 11.6 Å². The molecule has 2 aromatic carbocycles. The SMILES string of the molecule is Oc1ccc(OCCN2CCC(Cc3ccccc3Cl)CC2)cc1. The van der Waals surface area contributed by atoms with Crippen molar-refractivity contribution in [1.82, 2.24) is 4.90 Å². The molecule has 1 aliphatic rings. The van der Waals surface area contributed by atoms with Crippen LogP contribution in [0.4, 0.5) is 0 Å². The Kier molecular flexibility index (Phi) is 6.00. The van der Waals surface area contributed by atoms with Crippen LogP contribution in [0, 0.1) is 5.92 Å². The lowest BCUT2D eigenvalue weighted by atomic mass is 9.90. The fourth-order valence-electron chi connectivity index (χ4n) is 3.22. The highest BCUT2D eigenvalue weighted by atomic mass is 35.5. The van der Waals surface area contributed by atoms with Crippen molar-refractivity contribution in [3.8, 4) is 11.5 Å². The Morgan fingerprint density at radius 2 is 1.75 bits per heavy atom. The van der Waals surface area contributed by atoms with Gasteiger partial charge in [-0.15, -0.1) is 0 Å². The van der Waals surface area contributed by atoms with Crippen LogP contribution in [0.3, 0.4) is 0 Å². The van der Waals surface area contributed by atoms with Crippen molar-refractivity contribution in [3.05, 3.63) is 59.1 Å². The van der Waals surface area contributed by atoms with Crippen molar-refractivity contribution >= 4 is 11.6 Å². The summed E-state index contributed by atoms with van der Waals surface area (Å²) < 4.78 is 5.73. The Bertz CT molecular complexity index is 636. The molecule has 4 heteroatoms. The molecule has 0 atom stereocenters. The highest BCUT2D eigenvalue weighted by Gasteiger charge is 2.20. The Morgan fingerprint density at radius 3 is 2.46 bits per heavy atom. The van der Waals surface area contributed by atoms with E-state index in [1.807, 2.05) is 12.1 Å². The van der Waals surface area contributed by atoms with E-state index in [9.17, 15) is 5.11 Å². The molecule has 2 aromatic rings. The molecule has 0 amide bonds. The van der Waals surface area contributed by atoms with Gasteiger partial charge in [-0.2, -0.15) is 0 Å². The Balaban J connectivity index is 1.37. The number of likely N-dealkylation sites (tertiary alicyclic amines) is 1. The van der Waals surface area contributed by atoms with Crippen molar-refractivity contribution in [3.63, 3.8) is 0 Å². The van der Waals surface area contributed by atoms with E-state index in [1.165, 1.54) is 18.4 Å². The molecule has 0 spiro atoms. The number of halogens is 1. The van der Waals surface area contributed by atoms with Crippen LogP contribution < -0.4 is 4.74 Å². The maximum Gasteiger partial charge on any atom is 0.119 e. The molecule has 0 aromatic heterocycles. The molecule has 3 rings (SSSR count). The summed E-state index contributed by atoms with van der Waals surface area (Å²) >= 11 is 6.27. The van der Waals surface area contributed by atoms with Crippen molar-refractivity contribution < 1.29 is 9.84 Å². The van der Waals surface area contributed by atoms with Gasteiger partial charge in [-0.1, -0.05) is 29.8 Å². The summed E-state index contributed by atoms with van der Waals surface area (Å²) in [5.74, 6) is 1.79. The first kappa shape index (κ1) is 17.1. The number of rotatable bonds is 6. The molecule has 24 heavy (non-hydrogen) atoms. The summed E-state index contributed by atoms with van der Waals surface area (Å²) in [4.78, 5) is 2.46. The van der Waals surface area contributed by atoms with Gasteiger partial charge in [0.25, 0.3) is 0 Å². The van der Waals surface area contributed by atoms with Crippen molar-refractivity contribution in [2.45, 2.75) is 19.3 Å². The molecule has 0 saturated carbocycles. The standard InChI is InChI=1S/C20H24ClNO2/c21-20-4-2-1-3-17(20)15-16-9-11-22(12-10-16)13-14-24-19-7-5-18(23)6-8-19/h1-8,16,23H,9-15H2. The predicted molar refractivity (Wildman–Crippen MR) is 97.9 cm³/mol. The van der Waals surface area contributed by atoms with E-state index >= 15 is 0 Å². The first-order valence-corrected chi connectivity index (χ1v) is 8.96. The molecule has 0 bridgehead atoms. The largest absolute Gasteiger partial charge is 0.508 e. The van der Waals surface area contributed by atoms with E-state index in [-0.39, 0.29) is 5.75 Å². The molecule has 0 aliphatic carbocycles. The number of ether oxygens (including phenoxy) is 1. The maximum atomic E-state index is 9.26. The van der Waals surface area contributed by atoms with E-state index in [4.69, 9.17) is 16.3 Å². The van der Waals surface area contributed by atoms with Gasteiger partial charge in [0.2, 0.25) is 0 Å². The molecule has 128 valence electrons. The lowest BCUT2D eigenvalue weighted by molar-refractivity contribution is 0.155. The zero-order valence-corrected chi connectivity index (χ0v) is 14.6. The zero-order chi connectivity index (χ0) is 16.8. The van der Waals surface area contributed by atoms with Gasteiger partial charge in [0.05, 0.1) is 0 Å². The third-order valence-electron chi connectivity index (χ3n) is 4.69. The second-order valence-electron chi connectivity index (χ2n) is 6.42. The molecule has 1 heterocycles. The number of benzene rings is 2. The molecule has 0 radical (unpaired) electrons.